The first-order valence-corrected chi connectivity index (χ1v) is 5.28. The molecule has 0 radical (unpaired) electrons. The molecular formula is C12H17N3O. The monoisotopic (exact) mass is 219 g/mol. The van der Waals surface area contributed by atoms with Crippen molar-refractivity contribution in [3.63, 3.8) is 0 Å². The zero-order valence-electron chi connectivity index (χ0n) is 9.90. The lowest BCUT2D eigenvalue weighted by Crippen LogP contribution is -2.33. The normalized spacial score (nSPS) is 15.2. The van der Waals surface area contributed by atoms with Crippen LogP contribution in [0.4, 0.5) is 0 Å². The first-order valence-electron chi connectivity index (χ1n) is 5.28. The Hall–Kier alpha value is -1.39. The molecule has 0 amide bonds. The summed E-state index contributed by atoms with van der Waals surface area (Å²) in [5.41, 5.74) is 7.38. The third kappa shape index (κ3) is 1.50. The molecule has 2 heterocycles. The second-order valence-electron chi connectivity index (χ2n) is 4.17. The van der Waals surface area contributed by atoms with E-state index >= 15 is 0 Å². The summed E-state index contributed by atoms with van der Waals surface area (Å²) in [4.78, 5) is 4.35. The number of nitrogens with zero attached hydrogens (tertiary/aromatic N) is 2. The highest BCUT2D eigenvalue weighted by atomic mass is 16.5. The second-order valence-corrected chi connectivity index (χ2v) is 4.17. The fraction of sp³-hybridized carbons (Fsp3) is 0.417. The number of ether oxygens (including phenoxy) is 1. The third-order valence-corrected chi connectivity index (χ3v) is 3.14. The van der Waals surface area contributed by atoms with E-state index in [0.717, 1.165) is 16.6 Å². The molecule has 1 unspecified atom stereocenters. The highest BCUT2D eigenvalue weighted by molar-refractivity contribution is 5.81. The van der Waals surface area contributed by atoms with E-state index in [1.165, 1.54) is 0 Å². The molecule has 16 heavy (non-hydrogen) atoms. The summed E-state index contributed by atoms with van der Waals surface area (Å²) >= 11 is 0. The molecule has 0 saturated heterocycles. The molecule has 0 spiro atoms. The number of pyridine rings is 1. The van der Waals surface area contributed by atoms with E-state index in [1.54, 1.807) is 13.3 Å². The molecule has 0 aromatic carbocycles. The molecular weight excluding hydrogens is 202 g/mol. The second kappa shape index (κ2) is 3.88. The van der Waals surface area contributed by atoms with Crippen LogP contribution in [0, 0.1) is 0 Å². The first-order chi connectivity index (χ1) is 7.62. The standard InChI is InChI=1S/C12H17N3O/c1-12(8-13,16-3)10-7-15(2)11-9(10)5-4-6-14-11/h4-7H,8,13H2,1-3H3. The molecule has 2 aromatic rings. The predicted molar refractivity (Wildman–Crippen MR) is 64.1 cm³/mol. The van der Waals surface area contributed by atoms with Crippen LogP contribution in [0.5, 0.6) is 0 Å². The van der Waals surface area contributed by atoms with Crippen LogP contribution < -0.4 is 5.73 Å². The van der Waals surface area contributed by atoms with Gasteiger partial charge < -0.3 is 15.0 Å². The molecule has 0 fully saturated rings. The third-order valence-electron chi connectivity index (χ3n) is 3.14. The fourth-order valence-corrected chi connectivity index (χ4v) is 1.94. The van der Waals surface area contributed by atoms with Gasteiger partial charge in [-0.05, 0) is 19.1 Å². The molecule has 0 bridgehead atoms. The van der Waals surface area contributed by atoms with Crippen molar-refractivity contribution in [2.24, 2.45) is 12.8 Å². The van der Waals surface area contributed by atoms with Crippen molar-refractivity contribution in [2.75, 3.05) is 13.7 Å². The van der Waals surface area contributed by atoms with Crippen molar-refractivity contribution in [3.8, 4) is 0 Å². The molecule has 0 aliphatic rings. The van der Waals surface area contributed by atoms with Gasteiger partial charge >= 0.3 is 0 Å². The first kappa shape index (κ1) is 11.1. The van der Waals surface area contributed by atoms with Crippen molar-refractivity contribution >= 4 is 11.0 Å². The van der Waals surface area contributed by atoms with Gasteiger partial charge in [-0.15, -0.1) is 0 Å². The molecule has 0 aliphatic heterocycles. The predicted octanol–water partition coefficient (Wildman–Crippen LogP) is 1.39. The largest absolute Gasteiger partial charge is 0.372 e. The van der Waals surface area contributed by atoms with Gasteiger partial charge in [-0.3, -0.25) is 0 Å². The lowest BCUT2D eigenvalue weighted by atomic mass is 9.96. The van der Waals surface area contributed by atoms with Crippen LogP contribution in [-0.4, -0.2) is 23.2 Å². The van der Waals surface area contributed by atoms with Crippen LogP contribution in [0.1, 0.15) is 12.5 Å². The zero-order chi connectivity index (χ0) is 11.8. The maximum absolute atomic E-state index is 5.80. The van der Waals surface area contributed by atoms with Crippen LogP contribution in [-0.2, 0) is 17.4 Å². The average molecular weight is 219 g/mol. The number of fused-ring (bicyclic) bond motifs is 1. The number of hydrogen-bond donors (Lipinski definition) is 1. The lowest BCUT2D eigenvalue weighted by molar-refractivity contribution is 0.0112. The Balaban J connectivity index is 2.70. The number of rotatable bonds is 3. The topological polar surface area (TPSA) is 53.1 Å². The van der Waals surface area contributed by atoms with Gasteiger partial charge in [-0.2, -0.15) is 0 Å². The highest BCUT2D eigenvalue weighted by Gasteiger charge is 2.28. The summed E-state index contributed by atoms with van der Waals surface area (Å²) in [6.45, 7) is 2.44. The van der Waals surface area contributed by atoms with E-state index in [0.29, 0.717) is 6.54 Å². The minimum atomic E-state index is -0.456. The summed E-state index contributed by atoms with van der Waals surface area (Å²) in [7, 11) is 3.66. The van der Waals surface area contributed by atoms with E-state index in [4.69, 9.17) is 10.5 Å². The van der Waals surface area contributed by atoms with Crippen LogP contribution in [0.15, 0.2) is 24.5 Å². The Morgan fingerprint density at radius 1 is 1.56 bits per heavy atom. The molecule has 0 aliphatic carbocycles. The summed E-state index contributed by atoms with van der Waals surface area (Å²) in [5, 5.41) is 1.10. The van der Waals surface area contributed by atoms with Crippen molar-refractivity contribution in [1.29, 1.82) is 0 Å². The Kier molecular flexibility index (Phi) is 2.69. The molecule has 1 atom stereocenters. The van der Waals surface area contributed by atoms with Gasteiger partial charge in [-0.1, -0.05) is 0 Å². The average Bonchev–Trinajstić information content (AvgIpc) is 2.67. The summed E-state index contributed by atoms with van der Waals surface area (Å²) in [6.07, 6.45) is 3.83. The molecule has 2 aromatic heterocycles. The summed E-state index contributed by atoms with van der Waals surface area (Å²) < 4.78 is 7.53. The Morgan fingerprint density at radius 2 is 2.31 bits per heavy atom. The maximum Gasteiger partial charge on any atom is 0.139 e. The van der Waals surface area contributed by atoms with E-state index in [-0.39, 0.29) is 0 Å². The van der Waals surface area contributed by atoms with E-state index < -0.39 is 5.60 Å². The Bertz CT molecular complexity index is 500. The van der Waals surface area contributed by atoms with Crippen molar-refractivity contribution in [3.05, 3.63) is 30.1 Å². The Labute approximate surface area is 95.0 Å². The summed E-state index contributed by atoms with van der Waals surface area (Å²) in [6, 6.07) is 3.98. The van der Waals surface area contributed by atoms with Gasteiger partial charge in [0, 0.05) is 44.0 Å². The van der Waals surface area contributed by atoms with Crippen molar-refractivity contribution < 1.29 is 4.74 Å². The van der Waals surface area contributed by atoms with Gasteiger partial charge in [0.05, 0.1) is 0 Å². The van der Waals surface area contributed by atoms with Gasteiger partial charge in [0.1, 0.15) is 11.2 Å². The number of methoxy groups -OCH3 is 1. The molecule has 4 heteroatoms. The van der Waals surface area contributed by atoms with E-state index in [2.05, 4.69) is 4.98 Å². The van der Waals surface area contributed by atoms with Gasteiger partial charge in [0.25, 0.3) is 0 Å². The number of aryl methyl sites for hydroxylation is 1. The minimum absolute atomic E-state index is 0.442. The molecule has 0 saturated carbocycles. The molecule has 2 N–H and O–H groups in total. The minimum Gasteiger partial charge on any atom is -0.372 e. The van der Waals surface area contributed by atoms with Crippen LogP contribution >= 0.6 is 0 Å². The van der Waals surface area contributed by atoms with Gasteiger partial charge in [-0.25, -0.2) is 4.98 Å². The SMILES string of the molecule is COC(C)(CN)c1cn(C)c2ncccc12. The highest BCUT2D eigenvalue weighted by Crippen LogP contribution is 2.30. The maximum atomic E-state index is 5.80. The molecule has 86 valence electrons. The van der Waals surface area contributed by atoms with Crippen LogP contribution in [0.3, 0.4) is 0 Å². The van der Waals surface area contributed by atoms with Crippen LogP contribution in [0.2, 0.25) is 0 Å². The summed E-state index contributed by atoms with van der Waals surface area (Å²) in [5.74, 6) is 0. The fourth-order valence-electron chi connectivity index (χ4n) is 1.94. The zero-order valence-corrected chi connectivity index (χ0v) is 9.90. The quantitative estimate of drug-likeness (QED) is 0.848. The van der Waals surface area contributed by atoms with Gasteiger partial charge in [0.2, 0.25) is 0 Å². The van der Waals surface area contributed by atoms with Gasteiger partial charge in [0.15, 0.2) is 0 Å². The number of aromatic nitrogens is 2. The smallest absolute Gasteiger partial charge is 0.139 e. The number of nitrogens with two attached hydrogens (primary N) is 1. The van der Waals surface area contributed by atoms with E-state index in [9.17, 15) is 0 Å². The lowest BCUT2D eigenvalue weighted by Gasteiger charge is -2.25. The van der Waals surface area contributed by atoms with E-state index in [1.807, 2.05) is 36.9 Å². The Morgan fingerprint density at radius 3 is 2.94 bits per heavy atom. The molecule has 2 rings (SSSR count). The van der Waals surface area contributed by atoms with Crippen LogP contribution in [0.25, 0.3) is 11.0 Å². The van der Waals surface area contributed by atoms with Crippen molar-refractivity contribution in [1.82, 2.24) is 9.55 Å². The number of hydrogen-bond acceptors (Lipinski definition) is 3. The van der Waals surface area contributed by atoms with Crippen molar-refractivity contribution in [2.45, 2.75) is 12.5 Å². The molecule has 4 nitrogen and oxygen atoms in total.